The SMILES string of the molecule is C#CCC(C)Nc1ccc([N+](=O)[O-])cc1C(F)F. The maximum absolute atomic E-state index is 12.8. The maximum atomic E-state index is 12.8. The van der Waals surface area contributed by atoms with Crippen molar-refractivity contribution < 1.29 is 13.7 Å². The number of alkyl halides is 2. The second-order valence-electron chi connectivity index (χ2n) is 3.78. The molecule has 0 radical (unpaired) electrons. The van der Waals surface area contributed by atoms with E-state index in [0.29, 0.717) is 6.42 Å². The van der Waals surface area contributed by atoms with Gasteiger partial charge in [-0.05, 0) is 13.0 Å². The van der Waals surface area contributed by atoms with Crippen molar-refractivity contribution in [1.29, 1.82) is 0 Å². The van der Waals surface area contributed by atoms with Gasteiger partial charge < -0.3 is 5.32 Å². The van der Waals surface area contributed by atoms with Crippen LogP contribution in [0, 0.1) is 22.5 Å². The topological polar surface area (TPSA) is 55.2 Å². The van der Waals surface area contributed by atoms with E-state index in [4.69, 9.17) is 6.42 Å². The average molecular weight is 254 g/mol. The van der Waals surface area contributed by atoms with Crippen LogP contribution in [0.4, 0.5) is 20.2 Å². The lowest BCUT2D eigenvalue weighted by atomic mass is 10.1. The van der Waals surface area contributed by atoms with E-state index in [1.807, 2.05) is 0 Å². The first-order valence-corrected chi connectivity index (χ1v) is 5.22. The lowest BCUT2D eigenvalue weighted by molar-refractivity contribution is -0.385. The molecule has 96 valence electrons. The molecule has 0 bridgehead atoms. The van der Waals surface area contributed by atoms with E-state index in [9.17, 15) is 18.9 Å². The number of rotatable bonds is 5. The Morgan fingerprint density at radius 3 is 2.72 bits per heavy atom. The summed E-state index contributed by atoms with van der Waals surface area (Å²) in [6, 6.07) is 3.13. The highest BCUT2D eigenvalue weighted by atomic mass is 19.3. The molecular formula is C12H12F2N2O2. The van der Waals surface area contributed by atoms with Crippen molar-refractivity contribution in [3.63, 3.8) is 0 Å². The Labute approximate surface area is 103 Å². The maximum Gasteiger partial charge on any atom is 0.270 e. The predicted molar refractivity (Wildman–Crippen MR) is 64.6 cm³/mol. The smallest absolute Gasteiger partial charge is 0.270 e. The summed E-state index contributed by atoms with van der Waals surface area (Å²) in [5.41, 5.74) is -0.591. The average Bonchev–Trinajstić information content (AvgIpc) is 2.29. The molecule has 1 unspecified atom stereocenters. The van der Waals surface area contributed by atoms with E-state index in [2.05, 4.69) is 11.2 Å². The van der Waals surface area contributed by atoms with E-state index >= 15 is 0 Å². The summed E-state index contributed by atoms with van der Waals surface area (Å²) in [7, 11) is 0. The molecule has 0 aliphatic carbocycles. The van der Waals surface area contributed by atoms with E-state index < -0.39 is 16.9 Å². The Kier molecular flexibility index (Phi) is 4.60. The largest absolute Gasteiger partial charge is 0.381 e. The number of nitro benzene ring substituents is 1. The Balaban J connectivity index is 3.04. The second kappa shape index (κ2) is 5.96. The Bertz CT molecular complexity index is 483. The van der Waals surface area contributed by atoms with Gasteiger partial charge in [-0.25, -0.2) is 8.78 Å². The summed E-state index contributed by atoms with van der Waals surface area (Å²) in [5.74, 6) is 2.41. The van der Waals surface area contributed by atoms with Gasteiger partial charge >= 0.3 is 0 Å². The van der Waals surface area contributed by atoms with Crippen LogP contribution in [0.1, 0.15) is 25.3 Å². The number of nitrogens with zero attached hydrogens (tertiary/aromatic N) is 1. The fourth-order valence-electron chi connectivity index (χ4n) is 1.47. The molecule has 1 N–H and O–H groups in total. The van der Waals surface area contributed by atoms with E-state index in [1.165, 1.54) is 12.1 Å². The highest BCUT2D eigenvalue weighted by Gasteiger charge is 2.18. The van der Waals surface area contributed by atoms with Crippen LogP contribution in [0.25, 0.3) is 0 Å². The first-order valence-electron chi connectivity index (χ1n) is 5.22. The number of nitrogens with one attached hydrogen (secondary N) is 1. The molecule has 0 saturated carbocycles. The molecule has 1 aromatic rings. The van der Waals surface area contributed by atoms with E-state index in [0.717, 1.165) is 6.07 Å². The minimum Gasteiger partial charge on any atom is -0.381 e. The second-order valence-corrected chi connectivity index (χ2v) is 3.78. The van der Waals surface area contributed by atoms with Crippen LogP contribution in [0.2, 0.25) is 0 Å². The molecule has 18 heavy (non-hydrogen) atoms. The molecule has 0 aliphatic rings. The van der Waals surface area contributed by atoms with E-state index in [1.54, 1.807) is 6.92 Å². The number of benzene rings is 1. The molecule has 4 nitrogen and oxygen atoms in total. The highest BCUT2D eigenvalue weighted by Crippen LogP contribution is 2.31. The summed E-state index contributed by atoms with van der Waals surface area (Å²) < 4.78 is 25.6. The summed E-state index contributed by atoms with van der Waals surface area (Å²) in [6.07, 6.45) is 2.71. The van der Waals surface area contributed by atoms with Crippen LogP contribution in [0.3, 0.4) is 0 Å². The molecule has 1 atom stereocenters. The fraction of sp³-hybridized carbons (Fsp3) is 0.333. The Hall–Kier alpha value is -2.16. The number of hydrogen-bond acceptors (Lipinski definition) is 3. The van der Waals surface area contributed by atoms with Gasteiger partial charge in [0.2, 0.25) is 0 Å². The van der Waals surface area contributed by atoms with Crippen LogP contribution >= 0.6 is 0 Å². The number of non-ortho nitro benzene ring substituents is 1. The monoisotopic (exact) mass is 254 g/mol. The van der Waals surface area contributed by atoms with Gasteiger partial charge in [-0.1, -0.05) is 0 Å². The lowest BCUT2D eigenvalue weighted by Crippen LogP contribution is -2.15. The molecule has 0 aliphatic heterocycles. The molecule has 1 aromatic carbocycles. The van der Waals surface area contributed by atoms with E-state index in [-0.39, 0.29) is 17.4 Å². The quantitative estimate of drug-likeness (QED) is 0.498. The van der Waals surface area contributed by atoms with Crippen molar-refractivity contribution in [3.8, 4) is 12.3 Å². The van der Waals surface area contributed by atoms with Gasteiger partial charge in [0.15, 0.2) is 0 Å². The van der Waals surface area contributed by atoms with Crippen molar-refractivity contribution in [2.24, 2.45) is 0 Å². The van der Waals surface area contributed by atoms with Gasteiger partial charge in [0.25, 0.3) is 12.1 Å². The van der Waals surface area contributed by atoms with Crippen LogP contribution in [-0.2, 0) is 0 Å². The van der Waals surface area contributed by atoms with Gasteiger partial charge in [-0.3, -0.25) is 10.1 Å². The number of anilines is 1. The molecule has 0 spiro atoms. The Morgan fingerprint density at radius 1 is 1.56 bits per heavy atom. The van der Waals surface area contributed by atoms with Gasteiger partial charge in [0, 0.05) is 35.8 Å². The van der Waals surface area contributed by atoms with Crippen molar-refractivity contribution in [1.82, 2.24) is 0 Å². The minimum absolute atomic E-state index is 0.165. The number of nitro groups is 1. The third-order valence-electron chi connectivity index (χ3n) is 2.31. The number of hydrogen-bond donors (Lipinski definition) is 1. The molecule has 0 fully saturated rings. The number of terminal acetylenes is 1. The van der Waals surface area contributed by atoms with Gasteiger partial charge in [0.05, 0.1) is 4.92 Å². The van der Waals surface area contributed by atoms with Crippen molar-refractivity contribution in [2.45, 2.75) is 25.8 Å². The minimum atomic E-state index is -2.79. The van der Waals surface area contributed by atoms with Crippen molar-refractivity contribution in [3.05, 3.63) is 33.9 Å². The first-order chi connectivity index (χ1) is 8.45. The van der Waals surface area contributed by atoms with Crippen LogP contribution in [0.15, 0.2) is 18.2 Å². The third kappa shape index (κ3) is 3.42. The molecule has 1 rings (SSSR count). The molecule has 0 heterocycles. The van der Waals surface area contributed by atoms with Gasteiger partial charge in [0.1, 0.15) is 0 Å². The lowest BCUT2D eigenvalue weighted by Gasteiger charge is -2.15. The van der Waals surface area contributed by atoms with Crippen LogP contribution in [-0.4, -0.2) is 11.0 Å². The molecule has 0 aromatic heterocycles. The highest BCUT2D eigenvalue weighted by molar-refractivity contribution is 5.57. The van der Waals surface area contributed by atoms with Crippen molar-refractivity contribution >= 4 is 11.4 Å². The van der Waals surface area contributed by atoms with Crippen LogP contribution < -0.4 is 5.32 Å². The normalized spacial score (nSPS) is 11.9. The first kappa shape index (κ1) is 13.9. The zero-order valence-corrected chi connectivity index (χ0v) is 9.69. The zero-order valence-electron chi connectivity index (χ0n) is 9.69. The summed E-state index contributed by atoms with van der Waals surface area (Å²) in [6.45, 7) is 1.75. The molecule has 0 amide bonds. The molecule has 0 saturated heterocycles. The summed E-state index contributed by atoms with van der Waals surface area (Å²) >= 11 is 0. The third-order valence-corrected chi connectivity index (χ3v) is 2.31. The molecular weight excluding hydrogens is 242 g/mol. The van der Waals surface area contributed by atoms with Gasteiger partial charge in [-0.15, -0.1) is 12.3 Å². The van der Waals surface area contributed by atoms with Gasteiger partial charge in [-0.2, -0.15) is 0 Å². The molecule has 6 heteroatoms. The summed E-state index contributed by atoms with van der Waals surface area (Å²) in [5, 5.41) is 13.3. The predicted octanol–water partition coefficient (Wildman–Crippen LogP) is 3.36. The fourth-order valence-corrected chi connectivity index (χ4v) is 1.47. The number of halogens is 2. The van der Waals surface area contributed by atoms with Crippen molar-refractivity contribution in [2.75, 3.05) is 5.32 Å². The zero-order chi connectivity index (χ0) is 13.7. The Morgan fingerprint density at radius 2 is 2.22 bits per heavy atom. The summed E-state index contributed by atoms with van der Waals surface area (Å²) in [4.78, 5) is 9.82. The standard InChI is InChI=1S/C12H12F2N2O2/c1-3-4-8(2)15-11-6-5-9(16(17)18)7-10(11)12(13)14/h1,5-8,12,15H,4H2,2H3. The van der Waals surface area contributed by atoms with Crippen LogP contribution in [0.5, 0.6) is 0 Å².